The lowest BCUT2D eigenvalue weighted by molar-refractivity contribution is -0.455. The highest BCUT2D eigenvalue weighted by atomic mass is 35.5. The summed E-state index contributed by atoms with van der Waals surface area (Å²) in [4.78, 5) is 25.0. The molecule has 26 heavy (non-hydrogen) atoms. The molecule has 0 aliphatic heterocycles. The van der Waals surface area contributed by atoms with Gasteiger partial charge in [-0.05, 0) is 43.0 Å². The predicted octanol–water partition coefficient (Wildman–Crippen LogP) is 3.11. The highest BCUT2D eigenvalue weighted by Crippen LogP contribution is 2.24. The second kappa shape index (κ2) is 8.76. The Balaban J connectivity index is 1.70. The Bertz CT molecular complexity index is 776. The molecule has 2 amide bonds. The maximum atomic E-state index is 12.6. The fraction of sp³-hybridized carbons (Fsp3) is 0.368. The summed E-state index contributed by atoms with van der Waals surface area (Å²) in [5, 5.41) is 12.7. The van der Waals surface area contributed by atoms with Crippen molar-refractivity contribution in [2.45, 2.75) is 32.1 Å². The Kier molecular flexibility index (Phi) is 6.17. The van der Waals surface area contributed by atoms with E-state index in [1.807, 2.05) is 0 Å². The average Bonchev–Trinajstić information content (AvgIpc) is 2.69. The highest BCUT2D eigenvalue weighted by molar-refractivity contribution is 6.31. The number of rotatable bonds is 5. The Hall–Kier alpha value is -2.47. The van der Waals surface area contributed by atoms with E-state index in [0.29, 0.717) is 28.7 Å². The van der Waals surface area contributed by atoms with Gasteiger partial charge in [-0.15, -0.1) is 5.10 Å². The largest absolute Gasteiger partial charge is 0.352 e. The van der Waals surface area contributed by atoms with Gasteiger partial charge in [0, 0.05) is 22.7 Å². The molecule has 0 unspecified atom stereocenters. The molecule has 3 N–H and O–H groups in total. The first kappa shape index (κ1) is 18.3. The number of carbonyl (C=O) groups is 2. The number of H-pyrrole nitrogens is 1. The summed E-state index contributed by atoms with van der Waals surface area (Å²) in [5.41, 5.74) is 0.990. The molecule has 1 aromatic carbocycles. The molecule has 1 aromatic heterocycles. The minimum Gasteiger partial charge on any atom is -0.352 e. The first-order valence-electron chi connectivity index (χ1n) is 8.85. The number of halogens is 1. The molecule has 1 heterocycles. The SMILES string of the molecule is O=C(Nc1ccc(Cl)cc1C(=O)NCC1CCCCC1)c1ccc[nH+]n1. The summed E-state index contributed by atoms with van der Waals surface area (Å²) in [6.45, 7) is 0.647. The van der Waals surface area contributed by atoms with Crippen molar-refractivity contribution in [1.29, 1.82) is 0 Å². The standard InChI is InChI=1S/C19H21ClN4O2/c20-14-8-9-16(23-19(26)17-7-4-10-22-24-17)15(11-14)18(25)21-12-13-5-2-1-3-6-13/h4,7-11,13H,1-3,5-6,12H2,(H,21,25)(H,23,26)/p+1. The predicted molar refractivity (Wildman–Crippen MR) is 99.1 cm³/mol. The Morgan fingerprint density at radius 2 is 1.96 bits per heavy atom. The number of anilines is 1. The van der Waals surface area contributed by atoms with Gasteiger partial charge in [-0.3, -0.25) is 9.59 Å². The number of hydrogen-bond acceptors (Lipinski definition) is 3. The summed E-state index contributed by atoms with van der Waals surface area (Å²) < 4.78 is 0. The average molecular weight is 374 g/mol. The number of benzene rings is 1. The molecule has 1 aliphatic carbocycles. The maximum absolute atomic E-state index is 12.6. The van der Waals surface area contributed by atoms with Gasteiger partial charge in [0.1, 0.15) is 0 Å². The van der Waals surface area contributed by atoms with Crippen LogP contribution in [0.15, 0.2) is 36.5 Å². The van der Waals surface area contributed by atoms with Crippen molar-refractivity contribution in [3.63, 3.8) is 0 Å². The van der Waals surface area contributed by atoms with E-state index >= 15 is 0 Å². The molecular weight excluding hydrogens is 352 g/mol. The Morgan fingerprint density at radius 3 is 2.69 bits per heavy atom. The molecule has 136 valence electrons. The van der Waals surface area contributed by atoms with Crippen LogP contribution in [0.3, 0.4) is 0 Å². The van der Waals surface area contributed by atoms with E-state index in [1.54, 1.807) is 36.5 Å². The zero-order valence-electron chi connectivity index (χ0n) is 14.4. The van der Waals surface area contributed by atoms with Crippen LogP contribution < -0.4 is 15.7 Å². The first-order valence-corrected chi connectivity index (χ1v) is 9.23. The van der Waals surface area contributed by atoms with E-state index in [1.165, 1.54) is 19.3 Å². The van der Waals surface area contributed by atoms with Gasteiger partial charge in [0.2, 0.25) is 0 Å². The summed E-state index contributed by atoms with van der Waals surface area (Å²) in [5.74, 6) is -0.111. The molecule has 2 aromatic rings. The van der Waals surface area contributed by atoms with Gasteiger partial charge in [0.15, 0.2) is 11.9 Å². The minimum absolute atomic E-state index is 0.232. The molecule has 0 radical (unpaired) electrons. The van der Waals surface area contributed by atoms with Crippen molar-refractivity contribution >= 4 is 29.1 Å². The second-order valence-electron chi connectivity index (χ2n) is 6.51. The van der Waals surface area contributed by atoms with Crippen LogP contribution in [-0.4, -0.2) is 23.5 Å². The van der Waals surface area contributed by atoms with Crippen LogP contribution in [0.5, 0.6) is 0 Å². The van der Waals surface area contributed by atoms with E-state index in [9.17, 15) is 9.59 Å². The summed E-state index contributed by atoms with van der Waals surface area (Å²) >= 11 is 6.05. The number of aromatic nitrogens is 2. The third-order valence-electron chi connectivity index (χ3n) is 4.59. The van der Waals surface area contributed by atoms with Crippen molar-refractivity contribution < 1.29 is 14.7 Å². The zero-order chi connectivity index (χ0) is 18.4. The van der Waals surface area contributed by atoms with Crippen LogP contribution in [0.1, 0.15) is 53.0 Å². The highest BCUT2D eigenvalue weighted by Gasteiger charge is 2.19. The van der Waals surface area contributed by atoms with Gasteiger partial charge in [0.05, 0.1) is 11.3 Å². The van der Waals surface area contributed by atoms with Crippen molar-refractivity contribution in [1.82, 2.24) is 10.4 Å². The van der Waals surface area contributed by atoms with Crippen LogP contribution in [0.4, 0.5) is 5.69 Å². The normalized spacial score (nSPS) is 14.7. The Morgan fingerprint density at radius 1 is 1.15 bits per heavy atom. The quantitative estimate of drug-likeness (QED) is 0.844. The number of nitrogens with zero attached hydrogens (tertiary/aromatic N) is 1. The number of hydrogen-bond donors (Lipinski definition) is 2. The third kappa shape index (κ3) is 4.79. The van der Waals surface area contributed by atoms with Crippen LogP contribution in [-0.2, 0) is 0 Å². The minimum atomic E-state index is -0.398. The molecular formula is C19H22ClN4O2+. The molecule has 1 saturated carbocycles. The number of nitrogens with one attached hydrogen (secondary N) is 3. The van der Waals surface area contributed by atoms with E-state index in [-0.39, 0.29) is 11.6 Å². The first-order chi connectivity index (χ1) is 12.6. The lowest BCUT2D eigenvalue weighted by atomic mass is 9.89. The van der Waals surface area contributed by atoms with Crippen LogP contribution in [0.2, 0.25) is 5.02 Å². The molecule has 0 spiro atoms. The van der Waals surface area contributed by atoms with Crippen molar-refractivity contribution in [3.05, 3.63) is 52.8 Å². The number of amides is 2. The van der Waals surface area contributed by atoms with E-state index in [4.69, 9.17) is 11.6 Å². The zero-order valence-corrected chi connectivity index (χ0v) is 15.2. The number of carbonyl (C=O) groups excluding carboxylic acids is 2. The third-order valence-corrected chi connectivity index (χ3v) is 4.83. The van der Waals surface area contributed by atoms with Gasteiger partial charge in [-0.2, -0.15) is 0 Å². The molecule has 0 saturated heterocycles. The van der Waals surface area contributed by atoms with Gasteiger partial charge >= 0.3 is 0 Å². The molecule has 1 fully saturated rings. The summed E-state index contributed by atoms with van der Waals surface area (Å²) in [6.07, 6.45) is 7.63. The summed E-state index contributed by atoms with van der Waals surface area (Å²) in [6, 6.07) is 8.10. The lowest BCUT2D eigenvalue weighted by Gasteiger charge is -2.22. The van der Waals surface area contributed by atoms with Crippen LogP contribution >= 0.6 is 11.6 Å². The van der Waals surface area contributed by atoms with Gasteiger partial charge in [0.25, 0.3) is 11.8 Å². The second-order valence-corrected chi connectivity index (χ2v) is 6.95. The monoisotopic (exact) mass is 373 g/mol. The topological polar surface area (TPSA) is 85.2 Å². The summed E-state index contributed by atoms with van der Waals surface area (Å²) in [7, 11) is 0. The van der Waals surface area contributed by atoms with Crippen LogP contribution in [0, 0.1) is 5.92 Å². The maximum Gasteiger partial charge on any atom is 0.280 e. The molecule has 6 nitrogen and oxygen atoms in total. The fourth-order valence-electron chi connectivity index (χ4n) is 3.18. The molecule has 7 heteroatoms. The molecule has 0 bridgehead atoms. The van der Waals surface area contributed by atoms with Gasteiger partial charge in [-0.1, -0.05) is 30.9 Å². The van der Waals surface area contributed by atoms with Gasteiger partial charge < -0.3 is 10.6 Å². The molecule has 3 rings (SSSR count). The van der Waals surface area contributed by atoms with E-state index < -0.39 is 5.91 Å². The van der Waals surface area contributed by atoms with Crippen molar-refractivity contribution in [2.75, 3.05) is 11.9 Å². The van der Waals surface area contributed by atoms with Crippen LogP contribution in [0.25, 0.3) is 0 Å². The fourth-order valence-corrected chi connectivity index (χ4v) is 3.35. The molecule has 0 atom stereocenters. The number of aromatic amines is 1. The van der Waals surface area contributed by atoms with E-state index in [0.717, 1.165) is 12.8 Å². The van der Waals surface area contributed by atoms with Crippen molar-refractivity contribution in [2.24, 2.45) is 5.92 Å². The molecule has 1 aliphatic rings. The van der Waals surface area contributed by atoms with Crippen molar-refractivity contribution in [3.8, 4) is 0 Å². The van der Waals surface area contributed by atoms with E-state index in [2.05, 4.69) is 20.8 Å². The lowest BCUT2D eigenvalue weighted by Crippen LogP contribution is -2.31. The smallest absolute Gasteiger partial charge is 0.280 e. The Labute approximate surface area is 157 Å². The van der Waals surface area contributed by atoms with Gasteiger partial charge in [-0.25, -0.2) is 0 Å².